The number of aromatic nitrogens is 3. The number of carbonyl (C=O) groups is 2. The third kappa shape index (κ3) is 7.10. The highest BCUT2D eigenvalue weighted by Crippen LogP contribution is 2.41. The van der Waals surface area contributed by atoms with Crippen molar-refractivity contribution in [1.29, 1.82) is 0 Å². The van der Waals surface area contributed by atoms with E-state index in [1.54, 1.807) is 48.7 Å². The molecule has 0 saturated carbocycles. The number of nitrogens with one attached hydrogen (secondary N) is 1. The fraction of sp³-hybridized carbons (Fsp3) is 0.242. The number of likely N-dealkylation sites (N-methyl/N-ethyl adjacent to an activating group) is 1. The van der Waals surface area contributed by atoms with E-state index in [9.17, 15) is 9.59 Å². The van der Waals surface area contributed by atoms with Crippen molar-refractivity contribution in [3.05, 3.63) is 101 Å². The molecule has 3 heterocycles. The van der Waals surface area contributed by atoms with Crippen LogP contribution < -0.4 is 24.6 Å². The Labute approximate surface area is 265 Å². The molecule has 0 saturated heterocycles. The molecule has 0 unspecified atom stereocenters. The van der Waals surface area contributed by atoms with Gasteiger partial charge in [0.25, 0.3) is 0 Å². The zero-order chi connectivity index (χ0) is 32.8. The first-order valence-corrected chi connectivity index (χ1v) is 14.3. The number of rotatable bonds is 12. The summed E-state index contributed by atoms with van der Waals surface area (Å²) in [6.45, 7) is 0.385. The Morgan fingerprint density at radius 2 is 1.76 bits per heavy atom. The van der Waals surface area contributed by atoms with Crippen LogP contribution in [-0.2, 0) is 24.3 Å². The molecule has 0 bridgehead atoms. The average molecular weight is 630 g/mol. The fourth-order valence-corrected chi connectivity index (χ4v) is 4.93. The number of benzene rings is 2. The lowest BCUT2D eigenvalue weighted by molar-refractivity contribution is -0.114. The van der Waals surface area contributed by atoms with Crippen LogP contribution in [-0.4, -0.2) is 66.5 Å². The molecule has 4 aromatic rings. The number of methoxy groups -OCH3 is 2. The number of hydrogen-bond donors (Lipinski definition) is 1. The molecule has 2 aromatic carbocycles. The van der Waals surface area contributed by atoms with Crippen LogP contribution in [0.2, 0.25) is 0 Å². The number of halogens is 2. The Kier molecular flexibility index (Phi) is 9.82. The maximum Gasteiger partial charge on any atom is 0.330 e. The fourth-order valence-electron chi connectivity index (χ4n) is 4.93. The summed E-state index contributed by atoms with van der Waals surface area (Å²) in [5.41, 5.74) is 1.22. The molecule has 5 rings (SSSR count). The van der Waals surface area contributed by atoms with Crippen LogP contribution in [0.4, 0.5) is 36.8 Å². The zero-order valence-electron chi connectivity index (χ0n) is 25.8. The van der Waals surface area contributed by atoms with Crippen molar-refractivity contribution in [2.45, 2.75) is 19.5 Å². The number of amides is 2. The van der Waals surface area contributed by atoms with Crippen LogP contribution in [0.15, 0.2) is 73.1 Å². The molecule has 1 N–H and O–H groups in total. The highest BCUT2D eigenvalue weighted by Gasteiger charge is 2.38. The zero-order valence-corrected chi connectivity index (χ0v) is 25.8. The van der Waals surface area contributed by atoms with Gasteiger partial charge >= 0.3 is 6.03 Å². The van der Waals surface area contributed by atoms with E-state index in [4.69, 9.17) is 9.47 Å². The Morgan fingerprint density at radius 1 is 1.02 bits per heavy atom. The molecular formula is C33H33F2N7O4. The number of pyridine rings is 1. The molecule has 13 heteroatoms. The topological polar surface area (TPSA) is 113 Å². The number of urea groups is 1. The first-order chi connectivity index (χ1) is 22.2. The number of carbonyl (C=O) groups excluding carboxylic acids is 2. The second kappa shape index (κ2) is 14.1. The highest BCUT2D eigenvalue weighted by atomic mass is 19.1. The minimum Gasteiger partial charge on any atom is -0.493 e. The van der Waals surface area contributed by atoms with Crippen LogP contribution in [0.25, 0.3) is 0 Å². The number of ether oxygens (including phenoxy) is 2. The van der Waals surface area contributed by atoms with E-state index in [0.717, 1.165) is 16.5 Å². The molecule has 238 valence electrons. The maximum absolute atomic E-state index is 15.6. The van der Waals surface area contributed by atoms with Crippen molar-refractivity contribution in [3.8, 4) is 11.5 Å². The summed E-state index contributed by atoms with van der Waals surface area (Å²) in [4.78, 5) is 44.2. The molecule has 0 fully saturated rings. The van der Waals surface area contributed by atoms with Gasteiger partial charge in [0.1, 0.15) is 17.3 Å². The highest BCUT2D eigenvalue weighted by molar-refractivity contribution is 6.05. The SMILES string of the molecule is COc1cc(OC)c(F)c(N2Cc3cnc(Nc4ccccn4)nc3N(Cc3cccc(CC(=O)/C=C/CN(C)C)c3)C2=O)c1F. The molecule has 2 aromatic heterocycles. The quantitative estimate of drug-likeness (QED) is 0.209. The Hall–Kier alpha value is -5.43. The Balaban J connectivity index is 1.53. The van der Waals surface area contributed by atoms with Gasteiger partial charge in [-0.15, -0.1) is 0 Å². The molecule has 0 atom stereocenters. The van der Waals surface area contributed by atoms with Crippen LogP contribution in [0.5, 0.6) is 11.5 Å². The van der Waals surface area contributed by atoms with Gasteiger partial charge < -0.3 is 19.7 Å². The van der Waals surface area contributed by atoms with Crippen molar-refractivity contribution in [2.75, 3.05) is 50.0 Å². The smallest absolute Gasteiger partial charge is 0.330 e. The lowest BCUT2D eigenvalue weighted by Crippen LogP contribution is -2.48. The summed E-state index contributed by atoms with van der Waals surface area (Å²) in [5.74, 6) is -1.86. The normalized spacial score (nSPS) is 12.9. The number of anilines is 4. The predicted octanol–water partition coefficient (Wildman–Crippen LogP) is 5.29. The van der Waals surface area contributed by atoms with Crippen molar-refractivity contribution >= 4 is 35.1 Å². The van der Waals surface area contributed by atoms with Crippen LogP contribution in [0, 0.1) is 11.6 Å². The molecule has 46 heavy (non-hydrogen) atoms. The summed E-state index contributed by atoms with van der Waals surface area (Å²) in [6.07, 6.45) is 6.60. The first kappa shape index (κ1) is 32.0. The summed E-state index contributed by atoms with van der Waals surface area (Å²) >= 11 is 0. The maximum atomic E-state index is 15.6. The van der Waals surface area contributed by atoms with Gasteiger partial charge in [-0.05, 0) is 43.4 Å². The Bertz CT molecular complexity index is 1740. The largest absolute Gasteiger partial charge is 0.493 e. The minimum atomic E-state index is -1.06. The van der Waals surface area contributed by atoms with Crippen molar-refractivity contribution in [2.24, 2.45) is 0 Å². The van der Waals surface area contributed by atoms with Gasteiger partial charge in [-0.3, -0.25) is 14.6 Å². The minimum absolute atomic E-state index is 0.0226. The number of hydrogen-bond acceptors (Lipinski definition) is 9. The van der Waals surface area contributed by atoms with Gasteiger partial charge in [0.2, 0.25) is 5.95 Å². The van der Waals surface area contributed by atoms with E-state index in [0.29, 0.717) is 23.5 Å². The molecule has 0 aliphatic carbocycles. The van der Waals surface area contributed by atoms with Gasteiger partial charge in [-0.2, -0.15) is 4.98 Å². The van der Waals surface area contributed by atoms with Gasteiger partial charge in [-0.1, -0.05) is 36.4 Å². The van der Waals surface area contributed by atoms with Crippen LogP contribution >= 0.6 is 0 Å². The van der Waals surface area contributed by atoms with Gasteiger partial charge in [0.15, 0.2) is 28.9 Å². The lowest BCUT2D eigenvalue weighted by atomic mass is 10.0. The second-order valence-corrected chi connectivity index (χ2v) is 10.7. The molecule has 2 amide bonds. The summed E-state index contributed by atoms with van der Waals surface area (Å²) in [6, 6.07) is 12.9. The lowest BCUT2D eigenvalue weighted by Gasteiger charge is -2.36. The number of ketones is 1. The second-order valence-electron chi connectivity index (χ2n) is 10.7. The number of nitrogens with zero attached hydrogens (tertiary/aromatic N) is 6. The van der Waals surface area contributed by atoms with Gasteiger partial charge in [-0.25, -0.2) is 23.5 Å². The van der Waals surface area contributed by atoms with Gasteiger partial charge in [0.05, 0.1) is 27.3 Å². The number of fused-ring (bicyclic) bond motifs is 1. The van der Waals surface area contributed by atoms with E-state index in [-0.39, 0.29) is 48.6 Å². The van der Waals surface area contributed by atoms with E-state index < -0.39 is 23.4 Å². The van der Waals surface area contributed by atoms with Crippen molar-refractivity contribution < 1.29 is 27.8 Å². The third-order valence-corrected chi connectivity index (χ3v) is 7.10. The van der Waals surface area contributed by atoms with Crippen molar-refractivity contribution in [1.82, 2.24) is 19.9 Å². The summed E-state index contributed by atoms with van der Waals surface area (Å²) in [7, 11) is 6.29. The first-order valence-electron chi connectivity index (χ1n) is 14.3. The summed E-state index contributed by atoms with van der Waals surface area (Å²) in [5, 5.41) is 3.01. The molecule has 11 nitrogen and oxygen atoms in total. The monoisotopic (exact) mass is 629 g/mol. The van der Waals surface area contributed by atoms with E-state index in [2.05, 4.69) is 20.3 Å². The average Bonchev–Trinajstić information content (AvgIpc) is 3.04. The van der Waals surface area contributed by atoms with Crippen LogP contribution in [0.3, 0.4) is 0 Å². The third-order valence-electron chi connectivity index (χ3n) is 7.10. The predicted molar refractivity (Wildman–Crippen MR) is 170 cm³/mol. The molecule has 0 radical (unpaired) electrons. The van der Waals surface area contributed by atoms with Crippen LogP contribution in [0.1, 0.15) is 16.7 Å². The van der Waals surface area contributed by atoms with E-state index >= 15 is 8.78 Å². The van der Waals surface area contributed by atoms with Gasteiger partial charge in [0, 0.05) is 37.0 Å². The number of allylic oxidation sites excluding steroid dienone is 1. The molecular weight excluding hydrogens is 596 g/mol. The molecule has 0 spiro atoms. The Morgan fingerprint density at radius 3 is 2.43 bits per heavy atom. The molecule has 1 aliphatic heterocycles. The molecule has 1 aliphatic rings. The van der Waals surface area contributed by atoms with E-state index in [1.165, 1.54) is 25.3 Å². The summed E-state index contributed by atoms with van der Waals surface area (Å²) < 4.78 is 41.5. The van der Waals surface area contributed by atoms with E-state index in [1.807, 2.05) is 31.1 Å². The van der Waals surface area contributed by atoms with Crippen molar-refractivity contribution in [3.63, 3.8) is 0 Å². The standard InChI is InChI=1S/C33H33F2N7O4/c1-40(2)14-8-11-24(43)16-21-9-7-10-22(15-21)19-42-31-23(18-37-32(39-31)38-27-12-5-6-13-36-27)20-41(33(42)44)30-28(34)25(45-3)17-26(46-4)29(30)35/h5-13,15,17-18H,14,16,19-20H2,1-4H3,(H,36,37,38,39)/b11-8+.